The third-order valence-electron chi connectivity index (χ3n) is 4.57. The Morgan fingerprint density at radius 2 is 1.78 bits per heavy atom. The molecular weight excluding hydrogens is 457 g/mol. The van der Waals surface area contributed by atoms with Gasteiger partial charge in [-0.05, 0) is 56.3 Å². The van der Waals surface area contributed by atoms with Crippen molar-refractivity contribution in [2.24, 2.45) is 0 Å². The second kappa shape index (κ2) is 9.22. The van der Waals surface area contributed by atoms with Crippen LogP contribution in [0.2, 0.25) is 10.0 Å². The van der Waals surface area contributed by atoms with Crippen LogP contribution in [0, 0.1) is 6.92 Å². The van der Waals surface area contributed by atoms with Crippen LogP contribution in [-0.2, 0) is 5.92 Å². The number of carbonyl (C=O) groups excluding carboxylic acids is 1. The summed E-state index contributed by atoms with van der Waals surface area (Å²) in [5, 5.41) is 1.37. The highest BCUT2D eigenvalue weighted by Crippen LogP contribution is 2.29. The van der Waals surface area contributed by atoms with Crippen LogP contribution in [0.1, 0.15) is 35.5 Å². The first kappa shape index (κ1) is 23.6. The molecule has 2 aromatic carbocycles. The van der Waals surface area contributed by atoms with E-state index in [0.717, 1.165) is 41.0 Å². The number of aryl methyl sites for hydroxylation is 1. The van der Waals surface area contributed by atoms with Crippen molar-refractivity contribution in [1.29, 1.82) is 0 Å². The normalized spacial score (nSPS) is 11.2. The summed E-state index contributed by atoms with van der Waals surface area (Å²) in [6, 6.07) is 13.8. The zero-order chi connectivity index (χ0) is 23.6. The summed E-state index contributed by atoms with van der Waals surface area (Å²) in [7, 11) is 0. The molecule has 0 spiro atoms. The largest absolute Gasteiger partial charge is 0.383 e. The fourth-order valence-electron chi connectivity index (χ4n) is 2.95. The van der Waals surface area contributed by atoms with Gasteiger partial charge < -0.3 is 10.7 Å². The maximum atomic E-state index is 12.8. The number of anilines is 1. The molecule has 0 fully saturated rings. The van der Waals surface area contributed by atoms with E-state index in [0.29, 0.717) is 10.0 Å². The van der Waals surface area contributed by atoms with Gasteiger partial charge in [-0.1, -0.05) is 34.8 Å². The SMILES string of the molecule is CC(=O)c1ccc(C(C)(F)F)nc1N.Cc1ccc(Cl)c(-c2nc3ccc(Cl)cc3[nH]2)c1. The predicted molar refractivity (Wildman–Crippen MR) is 125 cm³/mol. The van der Waals surface area contributed by atoms with Gasteiger partial charge in [0.05, 0.1) is 21.6 Å². The molecule has 2 aromatic heterocycles. The van der Waals surface area contributed by atoms with Gasteiger partial charge in [0.15, 0.2) is 5.78 Å². The Labute approximate surface area is 193 Å². The maximum absolute atomic E-state index is 12.8. The molecule has 4 rings (SSSR count). The number of nitrogen functional groups attached to an aromatic ring is 1. The fourth-order valence-corrected chi connectivity index (χ4v) is 3.33. The van der Waals surface area contributed by atoms with E-state index in [1.807, 2.05) is 43.3 Å². The van der Waals surface area contributed by atoms with Crippen molar-refractivity contribution in [3.8, 4) is 11.4 Å². The van der Waals surface area contributed by atoms with Crippen molar-refractivity contribution in [2.45, 2.75) is 26.7 Å². The lowest BCUT2D eigenvalue weighted by Gasteiger charge is -2.10. The van der Waals surface area contributed by atoms with Gasteiger partial charge in [0, 0.05) is 17.5 Å². The summed E-state index contributed by atoms with van der Waals surface area (Å²) in [5.41, 5.74) is 8.93. The number of Topliss-reactive ketones (excluding diaryl/α,β-unsaturated/α-hetero) is 1. The number of alkyl halides is 2. The van der Waals surface area contributed by atoms with Crippen LogP contribution < -0.4 is 5.73 Å². The maximum Gasteiger partial charge on any atom is 0.287 e. The Bertz CT molecular complexity index is 1300. The summed E-state index contributed by atoms with van der Waals surface area (Å²) in [6.45, 7) is 4.05. The van der Waals surface area contributed by atoms with Crippen LogP contribution in [0.15, 0.2) is 48.5 Å². The highest BCUT2D eigenvalue weighted by atomic mass is 35.5. The van der Waals surface area contributed by atoms with Gasteiger partial charge in [-0.3, -0.25) is 4.79 Å². The van der Waals surface area contributed by atoms with Crippen molar-refractivity contribution >= 4 is 45.8 Å². The van der Waals surface area contributed by atoms with Gasteiger partial charge in [0.2, 0.25) is 0 Å². The Hall–Kier alpha value is -3.03. The molecule has 0 aliphatic carbocycles. The van der Waals surface area contributed by atoms with E-state index in [2.05, 4.69) is 15.0 Å². The van der Waals surface area contributed by atoms with Gasteiger partial charge >= 0.3 is 0 Å². The van der Waals surface area contributed by atoms with Gasteiger partial charge in [0.25, 0.3) is 5.92 Å². The number of pyridine rings is 1. The number of aromatic amines is 1. The average Bonchev–Trinajstić information content (AvgIpc) is 3.12. The van der Waals surface area contributed by atoms with Gasteiger partial charge in [-0.25, -0.2) is 9.97 Å². The number of nitrogens with two attached hydrogens (primary N) is 1. The minimum Gasteiger partial charge on any atom is -0.383 e. The lowest BCUT2D eigenvalue weighted by atomic mass is 10.1. The van der Waals surface area contributed by atoms with Gasteiger partial charge in [-0.2, -0.15) is 8.78 Å². The molecule has 0 bridgehead atoms. The van der Waals surface area contributed by atoms with E-state index >= 15 is 0 Å². The molecular formula is C23H20Cl2F2N4O. The highest BCUT2D eigenvalue weighted by molar-refractivity contribution is 6.33. The van der Waals surface area contributed by atoms with E-state index in [1.54, 1.807) is 0 Å². The number of nitrogens with zero attached hydrogens (tertiary/aromatic N) is 2. The highest BCUT2D eigenvalue weighted by Gasteiger charge is 2.27. The summed E-state index contributed by atoms with van der Waals surface area (Å²) in [6.07, 6.45) is 0. The molecule has 0 aliphatic rings. The van der Waals surface area contributed by atoms with Gasteiger partial charge in [-0.15, -0.1) is 0 Å². The molecule has 0 atom stereocenters. The van der Waals surface area contributed by atoms with E-state index in [-0.39, 0.29) is 17.2 Å². The second-order valence-corrected chi connectivity index (χ2v) is 8.15. The number of benzene rings is 2. The molecule has 0 amide bonds. The number of imidazole rings is 1. The fraction of sp³-hybridized carbons (Fsp3) is 0.174. The van der Waals surface area contributed by atoms with Crippen molar-refractivity contribution in [3.05, 3.63) is 75.4 Å². The van der Waals surface area contributed by atoms with Crippen LogP contribution in [0.5, 0.6) is 0 Å². The smallest absolute Gasteiger partial charge is 0.287 e. The van der Waals surface area contributed by atoms with Crippen LogP contribution in [0.3, 0.4) is 0 Å². The summed E-state index contributed by atoms with van der Waals surface area (Å²) >= 11 is 12.2. The molecule has 4 aromatic rings. The van der Waals surface area contributed by atoms with E-state index in [1.165, 1.54) is 13.0 Å². The first-order chi connectivity index (χ1) is 15.0. The molecule has 3 N–H and O–H groups in total. The molecule has 9 heteroatoms. The second-order valence-electron chi connectivity index (χ2n) is 7.30. The molecule has 0 aliphatic heterocycles. The molecule has 2 heterocycles. The minimum absolute atomic E-state index is 0.156. The number of halogens is 4. The number of fused-ring (bicyclic) bond motifs is 1. The van der Waals surface area contributed by atoms with E-state index in [4.69, 9.17) is 28.9 Å². The first-order valence-corrected chi connectivity index (χ1v) is 10.3. The monoisotopic (exact) mass is 476 g/mol. The summed E-state index contributed by atoms with van der Waals surface area (Å²) < 4.78 is 25.5. The molecule has 0 radical (unpaired) electrons. The number of ketones is 1. The number of nitrogens with one attached hydrogen (secondary N) is 1. The molecule has 0 unspecified atom stereocenters. The van der Waals surface area contributed by atoms with Crippen molar-refractivity contribution in [2.75, 3.05) is 5.73 Å². The van der Waals surface area contributed by atoms with Crippen LogP contribution in [-0.4, -0.2) is 20.7 Å². The van der Waals surface area contributed by atoms with Crippen LogP contribution in [0.25, 0.3) is 22.4 Å². The predicted octanol–water partition coefficient (Wildman–Crippen LogP) is 6.82. The number of carbonyl (C=O) groups is 1. The Morgan fingerprint density at radius 1 is 1.06 bits per heavy atom. The Kier molecular flexibility index (Phi) is 6.81. The number of hydrogen-bond acceptors (Lipinski definition) is 4. The van der Waals surface area contributed by atoms with E-state index in [9.17, 15) is 13.6 Å². The summed E-state index contributed by atoms with van der Waals surface area (Å²) in [5.74, 6) is -2.72. The number of aromatic nitrogens is 3. The number of hydrogen-bond donors (Lipinski definition) is 2. The number of H-pyrrole nitrogens is 1. The molecule has 5 nitrogen and oxygen atoms in total. The Morgan fingerprint density at radius 3 is 2.41 bits per heavy atom. The lowest BCUT2D eigenvalue weighted by Crippen LogP contribution is -2.13. The number of rotatable bonds is 3. The molecule has 0 saturated carbocycles. The quantitative estimate of drug-likeness (QED) is 0.317. The standard InChI is InChI=1S/C14H10Cl2N2.C9H10F2N2O/c1-8-2-4-11(16)10(6-8)14-17-12-5-3-9(15)7-13(12)18-14;1-5(14)6-3-4-7(9(2,10)11)13-8(6)12/h2-7H,1H3,(H,17,18);3-4H,1-2H3,(H2,12,13). The average molecular weight is 477 g/mol. The Balaban J connectivity index is 0.000000188. The molecule has 0 saturated heterocycles. The van der Waals surface area contributed by atoms with Crippen LogP contribution in [0.4, 0.5) is 14.6 Å². The van der Waals surface area contributed by atoms with Crippen molar-refractivity contribution < 1.29 is 13.6 Å². The third-order valence-corrected chi connectivity index (χ3v) is 5.14. The first-order valence-electron chi connectivity index (χ1n) is 9.53. The zero-order valence-electron chi connectivity index (χ0n) is 17.5. The molecule has 166 valence electrons. The van der Waals surface area contributed by atoms with Crippen LogP contribution >= 0.6 is 23.2 Å². The van der Waals surface area contributed by atoms with Crippen molar-refractivity contribution in [3.63, 3.8) is 0 Å². The lowest BCUT2D eigenvalue weighted by molar-refractivity contribution is 0.0128. The summed E-state index contributed by atoms with van der Waals surface area (Å²) in [4.78, 5) is 22.2. The van der Waals surface area contributed by atoms with Gasteiger partial charge in [0.1, 0.15) is 17.3 Å². The molecule has 32 heavy (non-hydrogen) atoms. The van der Waals surface area contributed by atoms with E-state index < -0.39 is 11.6 Å². The third kappa shape index (κ3) is 5.41. The van der Waals surface area contributed by atoms with Crippen molar-refractivity contribution in [1.82, 2.24) is 15.0 Å². The minimum atomic E-state index is -3.04. The topological polar surface area (TPSA) is 84.7 Å². The zero-order valence-corrected chi connectivity index (χ0v) is 19.0.